The molecule has 0 spiro atoms. The molecule has 138 valence electrons. The summed E-state index contributed by atoms with van der Waals surface area (Å²) < 4.78 is 4.94. The summed E-state index contributed by atoms with van der Waals surface area (Å²) in [5.41, 5.74) is 3.27. The fourth-order valence-corrected chi connectivity index (χ4v) is 2.28. The van der Waals surface area contributed by atoms with Gasteiger partial charge >= 0.3 is 0 Å². The Bertz CT molecular complexity index is 712. The number of aryl methyl sites for hydroxylation is 1. The number of nitrogens with one attached hydrogen (secondary N) is 3. The molecule has 0 heterocycles. The molecule has 0 fully saturated rings. The molecule has 0 aliphatic rings. The highest BCUT2D eigenvalue weighted by molar-refractivity contribution is 5.95. The van der Waals surface area contributed by atoms with Crippen molar-refractivity contribution in [2.75, 3.05) is 37.4 Å². The fourth-order valence-electron chi connectivity index (χ4n) is 2.28. The van der Waals surface area contributed by atoms with Crippen molar-refractivity contribution in [1.29, 1.82) is 0 Å². The van der Waals surface area contributed by atoms with E-state index in [4.69, 9.17) is 4.74 Å². The van der Waals surface area contributed by atoms with Crippen molar-refractivity contribution >= 4 is 23.2 Å². The van der Waals surface area contributed by atoms with E-state index in [-0.39, 0.29) is 18.4 Å². The first-order valence-electron chi connectivity index (χ1n) is 8.56. The minimum absolute atomic E-state index is 0.121. The summed E-state index contributed by atoms with van der Waals surface area (Å²) in [4.78, 5) is 23.9. The number of methoxy groups -OCH3 is 1. The molecule has 2 aromatic carbocycles. The molecule has 2 rings (SSSR count). The van der Waals surface area contributed by atoms with Crippen molar-refractivity contribution in [2.45, 2.75) is 13.3 Å². The molecule has 0 aromatic heterocycles. The predicted octanol–water partition coefficient (Wildman–Crippen LogP) is 2.81. The van der Waals surface area contributed by atoms with Crippen LogP contribution in [0.15, 0.2) is 48.5 Å². The van der Waals surface area contributed by atoms with Crippen LogP contribution in [0.2, 0.25) is 0 Å². The lowest BCUT2D eigenvalue weighted by atomic mass is 10.2. The molecule has 0 aliphatic carbocycles. The molecule has 0 saturated carbocycles. The molecule has 0 bridgehead atoms. The molecule has 2 amide bonds. The van der Waals surface area contributed by atoms with Gasteiger partial charge in [-0.1, -0.05) is 17.7 Å². The summed E-state index contributed by atoms with van der Waals surface area (Å²) in [6.07, 6.45) is 0.776. The van der Waals surface area contributed by atoms with Gasteiger partial charge in [0.15, 0.2) is 0 Å². The van der Waals surface area contributed by atoms with E-state index >= 15 is 0 Å². The Kier molecular flexibility index (Phi) is 7.64. The first-order valence-corrected chi connectivity index (χ1v) is 8.56. The zero-order chi connectivity index (χ0) is 18.8. The molecular formula is C20H25N3O3. The van der Waals surface area contributed by atoms with Crippen LogP contribution in [0, 0.1) is 6.92 Å². The maximum absolute atomic E-state index is 12.0. The Balaban J connectivity index is 1.76. The smallest absolute Gasteiger partial charge is 0.251 e. The number of carbonyl (C=O) groups excluding carboxylic acids is 2. The summed E-state index contributed by atoms with van der Waals surface area (Å²) >= 11 is 0. The highest BCUT2D eigenvalue weighted by Gasteiger charge is 2.06. The standard InChI is InChI=1S/C20H25N3O3/c1-15-4-8-18(9-5-15)23-19(24)14-22-17-10-6-16(7-11-17)20(25)21-12-3-13-26-2/h4-11,22H,3,12-14H2,1-2H3,(H,21,25)(H,23,24). The lowest BCUT2D eigenvalue weighted by Gasteiger charge is -2.09. The van der Waals surface area contributed by atoms with E-state index in [0.29, 0.717) is 18.7 Å². The van der Waals surface area contributed by atoms with Crippen molar-refractivity contribution < 1.29 is 14.3 Å². The van der Waals surface area contributed by atoms with Crippen molar-refractivity contribution in [3.8, 4) is 0 Å². The third-order valence-corrected chi connectivity index (χ3v) is 3.75. The summed E-state index contributed by atoms with van der Waals surface area (Å²) in [6, 6.07) is 14.6. The van der Waals surface area contributed by atoms with Crippen LogP contribution in [0.25, 0.3) is 0 Å². The average Bonchev–Trinajstić information content (AvgIpc) is 2.66. The fraction of sp³-hybridized carbons (Fsp3) is 0.300. The maximum Gasteiger partial charge on any atom is 0.251 e. The maximum atomic E-state index is 12.0. The number of carbonyl (C=O) groups is 2. The van der Waals surface area contributed by atoms with E-state index < -0.39 is 0 Å². The Morgan fingerprint density at radius 3 is 2.27 bits per heavy atom. The van der Waals surface area contributed by atoms with Gasteiger partial charge in [0.25, 0.3) is 5.91 Å². The van der Waals surface area contributed by atoms with Gasteiger partial charge in [0, 0.05) is 37.2 Å². The normalized spacial score (nSPS) is 10.2. The van der Waals surface area contributed by atoms with Crippen LogP contribution in [0.3, 0.4) is 0 Å². The van der Waals surface area contributed by atoms with Crippen LogP contribution < -0.4 is 16.0 Å². The molecule has 6 heteroatoms. The minimum atomic E-state index is -0.131. The molecule has 2 aromatic rings. The summed E-state index contributed by atoms with van der Waals surface area (Å²) in [6.45, 7) is 3.34. The zero-order valence-electron chi connectivity index (χ0n) is 15.2. The molecular weight excluding hydrogens is 330 g/mol. The van der Waals surface area contributed by atoms with Gasteiger partial charge in [0.05, 0.1) is 6.54 Å². The lowest BCUT2D eigenvalue weighted by Crippen LogP contribution is -2.25. The molecule has 0 saturated heterocycles. The van der Waals surface area contributed by atoms with Crippen LogP contribution in [0.1, 0.15) is 22.3 Å². The molecule has 0 radical (unpaired) electrons. The van der Waals surface area contributed by atoms with Gasteiger partial charge in [0.1, 0.15) is 0 Å². The molecule has 26 heavy (non-hydrogen) atoms. The van der Waals surface area contributed by atoms with Gasteiger partial charge in [-0.25, -0.2) is 0 Å². The largest absolute Gasteiger partial charge is 0.385 e. The Morgan fingerprint density at radius 1 is 0.962 bits per heavy atom. The number of hydrogen-bond donors (Lipinski definition) is 3. The number of amides is 2. The zero-order valence-corrected chi connectivity index (χ0v) is 15.2. The van der Waals surface area contributed by atoms with Crippen molar-refractivity contribution in [1.82, 2.24) is 5.32 Å². The number of benzene rings is 2. The van der Waals surface area contributed by atoms with Crippen LogP contribution >= 0.6 is 0 Å². The highest BCUT2D eigenvalue weighted by Crippen LogP contribution is 2.11. The molecule has 6 nitrogen and oxygen atoms in total. The highest BCUT2D eigenvalue weighted by atomic mass is 16.5. The van der Waals surface area contributed by atoms with Gasteiger partial charge in [0.2, 0.25) is 5.91 Å². The van der Waals surface area contributed by atoms with E-state index in [0.717, 1.165) is 23.4 Å². The SMILES string of the molecule is COCCCNC(=O)c1ccc(NCC(=O)Nc2ccc(C)cc2)cc1. The van der Waals surface area contributed by atoms with E-state index in [1.165, 1.54) is 0 Å². The van der Waals surface area contributed by atoms with E-state index in [2.05, 4.69) is 16.0 Å². The van der Waals surface area contributed by atoms with Crippen molar-refractivity contribution in [3.05, 3.63) is 59.7 Å². The summed E-state index contributed by atoms with van der Waals surface area (Å²) in [7, 11) is 1.63. The number of ether oxygens (including phenoxy) is 1. The van der Waals surface area contributed by atoms with Crippen LogP contribution in [0.4, 0.5) is 11.4 Å². The number of anilines is 2. The quantitative estimate of drug-likeness (QED) is 0.604. The monoisotopic (exact) mass is 355 g/mol. The number of hydrogen-bond acceptors (Lipinski definition) is 4. The van der Waals surface area contributed by atoms with Crippen LogP contribution in [0.5, 0.6) is 0 Å². The third kappa shape index (κ3) is 6.57. The van der Waals surface area contributed by atoms with Gasteiger partial charge in [-0.2, -0.15) is 0 Å². The first-order chi connectivity index (χ1) is 12.6. The van der Waals surface area contributed by atoms with Gasteiger partial charge in [-0.15, -0.1) is 0 Å². The molecule has 3 N–H and O–H groups in total. The predicted molar refractivity (Wildman–Crippen MR) is 104 cm³/mol. The van der Waals surface area contributed by atoms with E-state index in [1.807, 2.05) is 31.2 Å². The molecule has 0 aliphatic heterocycles. The topological polar surface area (TPSA) is 79.5 Å². The summed E-state index contributed by atoms with van der Waals surface area (Å²) in [5.74, 6) is -0.251. The second kappa shape index (κ2) is 10.2. The summed E-state index contributed by atoms with van der Waals surface area (Å²) in [5, 5.41) is 8.70. The Labute approximate surface area is 153 Å². The third-order valence-electron chi connectivity index (χ3n) is 3.75. The van der Waals surface area contributed by atoms with Gasteiger partial charge < -0.3 is 20.7 Å². The molecule has 0 atom stereocenters. The average molecular weight is 355 g/mol. The lowest BCUT2D eigenvalue weighted by molar-refractivity contribution is -0.114. The van der Waals surface area contributed by atoms with E-state index in [1.54, 1.807) is 31.4 Å². The Hall–Kier alpha value is -2.86. The second-order valence-electron chi connectivity index (χ2n) is 5.95. The second-order valence-corrected chi connectivity index (χ2v) is 5.95. The van der Waals surface area contributed by atoms with E-state index in [9.17, 15) is 9.59 Å². The van der Waals surface area contributed by atoms with Crippen LogP contribution in [-0.2, 0) is 9.53 Å². The molecule has 0 unspecified atom stereocenters. The number of rotatable bonds is 9. The van der Waals surface area contributed by atoms with Gasteiger partial charge in [-0.3, -0.25) is 9.59 Å². The van der Waals surface area contributed by atoms with Crippen molar-refractivity contribution in [2.24, 2.45) is 0 Å². The van der Waals surface area contributed by atoms with Crippen LogP contribution in [-0.4, -0.2) is 38.6 Å². The van der Waals surface area contributed by atoms with Gasteiger partial charge in [-0.05, 0) is 49.7 Å². The van der Waals surface area contributed by atoms with Crippen molar-refractivity contribution in [3.63, 3.8) is 0 Å². The minimum Gasteiger partial charge on any atom is -0.385 e. The Morgan fingerprint density at radius 2 is 1.62 bits per heavy atom. The first kappa shape index (κ1) is 19.5.